The van der Waals surface area contributed by atoms with Gasteiger partial charge in [-0.15, -0.1) is 0 Å². The molecule has 0 N–H and O–H groups in total. The molecule has 0 spiro atoms. The summed E-state index contributed by atoms with van der Waals surface area (Å²) in [5.74, 6) is -0.726. The van der Waals surface area contributed by atoms with Gasteiger partial charge in [-0.1, -0.05) is 12.1 Å². The predicted molar refractivity (Wildman–Crippen MR) is 45.7 cm³/mol. The van der Waals surface area contributed by atoms with Gasteiger partial charge in [0.1, 0.15) is 0 Å². The number of fused-ring (bicyclic) bond motifs is 1. The fraction of sp³-hybridized carbons (Fsp3) is 0. The zero-order valence-corrected chi connectivity index (χ0v) is 6.56. The van der Waals surface area contributed by atoms with Gasteiger partial charge in [0, 0.05) is 5.39 Å². The second-order valence-corrected chi connectivity index (χ2v) is 2.48. The molecule has 0 atom stereocenters. The van der Waals surface area contributed by atoms with Crippen molar-refractivity contribution in [2.75, 3.05) is 0 Å². The largest absolute Gasteiger partial charge is 0.439 e. The van der Waals surface area contributed by atoms with E-state index in [1.54, 1.807) is 24.3 Å². The number of benzene rings is 1. The van der Waals surface area contributed by atoms with Crippen LogP contribution in [-0.4, -0.2) is 11.3 Å². The van der Waals surface area contributed by atoms with E-state index in [1.165, 1.54) is 0 Å². The van der Waals surface area contributed by atoms with Crippen LogP contribution in [0.4, 0.5) is 0 Å². The highest BCUT2D eigenvalue weighted by Gasteiger charge is 2.03. The zero-order chi connectivity index (χ0) is 9.26. The van der Waals surface area contributed by atoms with Crippen LogP contribution in [0, 0.1) is 0 Å². The van der Waals surface area contributed by atoms with Crippen molar-refractivity contribution in [1.29, 1.82) is 0 Å². The summed E-state index contributed by atoms with van der Waals surface area (Å²) in [7, 11) is 0. The Labute approximate surface area is 72.8 Å². The Bertz CT molecular complexity index is 515. The van der Waals surface area contributed by atoms with Gasteiger partial charge in [-0.05, 0) is 12.1 Å². The molecule has 1 heterocycles. The van der Waals surface area contributed by atoms with Gasteiger partial charge in [-0.3, -0.25) is 4.79 Å². The quantitative estimate of drug-likeness (QED) is 0.606. The average molecular weight is 175 g/mol. The number of nitrogens with zero attached hydrogens (tertiary/aromatic N) is 1. The minimum atomic E-state index is -0.749. The molecule has 13 heavy (non-hydrogen) atoms. The second kappa shape index (κ2) is 2.82. The van der Waals surface area contributed by atoms with Gasteiger partial charge in [0.2, 0.25) is 0 Å². The average Bonchev–Trinajstić information content (AvgIpc) is 2.16. The molecule has 64 valence electrons. The fourth-order valence-corrected chi connectivity index (χ4v) is 1.14. The first-order chi connectivity index (χ1) is 6.31. The number of aldehydes is 1. The van der Waals surface area contributed by atoms with Crippen LogP contribution in [0.3, 0.4) is 0 Å². The fourth-order valence-electron chi connectivity index (χ4n) is 1.14. The monoisotopic (exact) mass is 175 g/mol. The van der Waals surface area contributed by atoms with Crippen LogP contribution in [0.2, 0.25) is 0 Å². The molecule has 0 saturated carbocycles. The molecule has 0 fully saturated rings. The lowest BCUT2D eigenvalue weighted by Gasteiger charge is -1.95. The predicted octanol–water partition coefficient (Wildman–Crippen LogP) is 1.00. The Morgan fingerprint density at radius 2 is 2.08 bits per heavy atom. The topological polar surface area (TPSA) is 60.2 Å². The molecule has 1 aromatic carbocycles. The van der Waals surface area contributed by atoms with Crippen LogP contribution in [0.15, 0.2) is 33.5 Å². The number of hydrogen-bond donors (Lipinski definition) is 0. The third-order valence-electron chi connectivity index (χ3n) is 1.69. The van der Waals surface area contributed by atoms with E-state index < -0.39 is 5.76 Å². The molecule has 4 nitrogen and oxygen atoms in total. The van der Waals surface area contributed by atoms with Crippen molar-refractivity contribution in [1.82, 2.24) is 4.98 Å². The summed E-state index contributed by atoms with van der Waals surface area (Å²) < 4.78 is 4.60. The summed E-state index contributed by atoms with van der Waals surface area (Å²) in [6, 6.07) is 6.81. The Hall–Kier alpha value is -1.97. The third kappa shape index (κ3) is 1.22. The third-order valence-corrected chi connectivity index (χ3v) is 1.69. The molecule has 0 aliphatic heterocycles. The van der Waals surface area contributed by atoms with Gasteiger partial charge in [0.05, 0.1) is 5.52 Å². The summed E-state index contributed by atoms with van der Waals surface area (Å²) in [5.41, 5.74) is 0.473. The molecule has 2 aromatic rings. The molecule has 1 aromatic heterocycles. The van der Waals surface area contributed by atoms with Crippen LogP contribution in [0.5, 0.6) is 0 Å². The van der Waals surface area contributed by atoms with E-state index >= 15 is 0 Å². The van der Waals surface area contributed by atoms with Gasteiger partial charge in [-0.2, -0.15) is 4.98 Å². The molecular formula is C9H5NO3. The lowest BCUT2D eigenvalue weighted by atomic mass is 10.2. The summed E-state index contributed by atoms with van der Waals surface area (Å²) in [5, 5.41) is 0.553. The summed E-state index contributed by atoms with van der Waals surface area (Å²) >= 11 is 0. The second-order valence-electron chi connectivity index (χ2n) is 2.48. The smallest absolute Gasteiger partial charge is 0.404 e. The van der Waals surface area contributed by atoms with Crippen LogP contribution in [-0.2, 0) is 0 Å². The molecule has 0 unspecified atom stereocenters. The maximum atomic E-state index is 10.8. The zero-order valence-electron chi connectivity index (χ0n) is 6.56. The van der Waals surface area contributed by atoms with E-state index in [0.717, 1.165) is 0 Å². The van der Waals surface area contributed by atoms with Crippen LogP contribution in [0.25, 0.3) is 10.9 Å². The molecule has 0 aliphatic carbocycles. The molecule has 2 rings (SSSR count). The molecule has 0 bridgehead atoms. The minimum Gasteiger partial charge on any atom is -0.404 e. The van der Waals surface area contributed by atoms with Gasteiger partial charge in [0.25, 0.3) is 0 Å². The number of para-hydroxylation sites is 1. The van der Waals surface area contributed by atoms with E-state index in [-0.39, 0.29) is 5.76 Å². The SMILES string of the molecule is O=Cc1oc(=O)nc2ccccc12. The molecule has 0 saturated heterocycles. The van der Waals surface area contributed by atoms with Crippen LogP contribution in [0.1, 0.15) is 10.6 Å². The lowest BCUT2D eigenvalue weighted by molar-refractivity contribution is 0.109. The summed E-state index contributed by atoms with van der Waals surface area (Å²) in [6.45, 7) is 0. The normalized spacial score (nSPS) is 10.2. The Morgan fingerprint density at radius 1 is 1.31 bits per heavy atom. The number of aromatic nitrogens is 1. The Morgan fingerprint density at radius 3 is 2.85 bits per heavy atom. The first-order valence-electron chi connectivity index (χ1n) is 3.66. The van der Waals surface area contributed by atoms with Crippen molar-refractivity contribution < 1.29 is 9.21 Å². The maximum Gasteiger partial charge on any atom is 0.439 e. The first kappa shape index (κ1) is 7.67. The number of carbonyl (C=O) groups excluding carboxylic acids is 1. The van der Waals surface area contributed by atoms with E-state index in [1.807, 2.05) is 0 Å². The van der Waals surface area contributed by atoms with Gasteiger partial charge >= 0.3 is 5.76 Å². The highest BCUT2D eigenvalue weighted by Crippen LogP contribution is 2.11. The number of carbonyl (C=O) groups is 1. The van der Waals surface area contributed by atoms with Crippen LogP contribution >= 0.6 is 0 Å². The van der Waals surface area contributed by atoms with Gasteiger partial charge in [-0.25, -0.2) is 4.79 Å². The van der Waals surface area contributed by atoms with Crippen molar-refractivity contribution in [3.8, 4) is 0 Å². The van der Waals surface area contributed by atoms with Crippen LogP contribution < -0.4 is 5.76 Å². The first-order valence-corrected chi connectivity index (χ1v) is 3.66. The van der Waals surface area contributed by atoms with E-state index in [0.29, 0.717) is 17.2 Å². The molecule has 4 heteroatoms. The van der Waals surface area contributed by atoms with Crippen molar-refractivity contribution in [2.45, 2.75) is 0 Å². The molecule has 0 aliphatic rings. The van der Waals surface area contributed by atoms with Crippen molar-refractivity contribution in [2.24, 2.45) is 0 Å². The standard InChI is InChI=1S/C9H5NO3/c11-5-8-6-3-1-2-4-7(6)10-9(12)13-8/h1-5H. The minimum absolute atomic E-state index is 0.0237. The van der Waals surface area contributed by atoms with Crippen molar-refractivity contribution >= 4 is 17.2 Å². The van der Waals surface area contributed by atoms with Crippen molar-refractivity contribution in [3.05, 3.63) is 40.6 Å². The summed E-state index contributed by atoms with van der Waals surface area (Å²) in [4.78, 5) is 24.9. The summed E-state index contributed by atoms with van der Waals surface area (Å²) in [6.07, 6.45) is 0.505. The number of rotatable bonds is 1. The molecule has 0 radical (unpaired) electrons. The van der Waals surface area contributed by atoms with Gasteiger partial charge < -0.3 is 4.42 Å². The molecule has 0 amide bonds. The Balaban J connectivity index is 2.97. The Kier molecular flexibility index (Phi) is 1.66. The maximum absolute atomic E-state index is 10.8. The van der Waals surface area contributed by atoms with Crippen molar-refractivity contribution in [3.63, 3.8) is 0 Å². The lowest BCUT2D eigenvalue weighted by Crippen LogP contribution is -2.05. The van der Waals surface area contributed by atoms with E-state index in [9.17, 15) is 9.59 Å². The van der Waals surface area contributed by atoms with E-state index in [4.69, 9.17) is 0 Å². The number of hydrogen-bond acceptors (Lipinski definition) is 4. The van der Waals surface area contributed by atoms with E-state index in [2.05, 4.69) is 9.40 Å². The molecular weight excluding hydrogens is 170 g/mol. The van der Waals surface area contributed by atoms with Gasteiger partial charge in [0.15, 0.2) is 12.0 Å². The highest BCUT2D eigenvalue weighted by molar-refractivity contribution is 5.92. The highest BCUT2D eigenvalue weighted by atomic mass is 16.4.